The van der Waals surface area contributed by atoms with E-state index in [1.165, 1.54) is 36.7 Å². The van der Waals surface area contributed by atoms with Crippen LogP contribution in [-0.2, 0) is 9.53 Å². The van der Waals surface area contributed by atoms with E-state index in [1.807, 2.05) is 0 Å². The molecule has 2 aromatic rings. The summed E-state index contributed by atoms with van der Waals surface area (Å²) in [7, 11) is 1.30. The van der Waals surface area contributed by atoms with Crippen molar-refractivity contribution in [1.29, 1.82) is 0 Å². The maximum absolute atomic E-state index is 11.6. The van der Waals surface area contributed by atoms with Gasteiger partial charge in [0.05, 0.1) is 7.11 Å². The minimum atomic E-state index is -0.474. The van der Waals surface area contributed by atoms with E-state index in [1.54, 1.807) is 18.5 Å². The van der Waals surface area contributed by atoms with Gasteiger partial charge in [-0.05, 0) is 19.1 Å². The van der Waals surface area contributed by atoms with E-state index >= 15 is 0 Å². The van der Waals surface area contributed by atoms with Crippen LogP contribution in [0, 0.1) is 6.92 Å². The number of ether oxygens (including phenoxy) is 1. The number of rotatable bonds is 4. The molecule has 7 heteroatoms. The first-order chi connectivity index (χ1) is 9.60. The fourth-order valence-corrected chi connectivity index (χ4v) is 2.02. The molecule has 0 aromatic carbocycles. The van der Waals surface area contributed by atoms with Crippen LogP contribution < -0.4 is 5.32 Å². The summed E-state index contributed by atoms with van der Waals surface area (Å²) in [6.45, 7) is 1.65. The van der Waals surface area contributed by atoms with Gasteiger partial charge in [0.25, 0.3) is 0 Å². The average Bonchev–Trinajstić information content (AvgIpc) is 3.05. The third-order valence-corrected chi connectivity index (χ3v) is 3.09. The largest absolute Gasteiger partial charge is 0.465 e. The first kappa shape index (κ1) is 14.0. The van der Waals surface area contributed by atoms with Crippen LogP contribution in [0.5, 0.6) is 0 Å². The van der Waals surface area contributed by atoms with Gasteiger partial charge in [-0.25, -0.2) is 9.78 Å². The van der Waals surface area contributed by atoms with Crippen LogP contribution in [0.15, 0.2) is 28.1 Å². The zero-order valence-electron chi connectivity index (χ0n) is 10.9. The molecule has 6 nitrogen and oxygen atoms in total. The molecule has 0 aliphatic rings. The molecule has 20 heavy (non-hydrogen) atoms. The zero-order valence-corrected chi connectivity index (χ0v) is 11.7. The van der Waals surface area contributed by atoms with Gasteiger partial charge in [0.15, 0.2) is 5.13 Å². The molecule has 0 fully saturated rings. The predicted octanol–water partition coefficient (Wildman–Crippen LogP) is 2.48. The quantitative estimate of drug-likeness (QED) is 0.691. The van der Waals surface area contributed by atoms with Crippen LogP contribution in [-0.4, -0.2) is 24.0 Å². The lowest BCUT2D eigenvalue weighted by Crippen LogP contribution is -2.06. The summed E-state index contributed by atoms with van der Waals surface area (Å²) >= 11 is 1.32. The van der Waals surface area contributed by atoms with E-state index in [4.69, 9.17) is 4.42 Å². The highest BCUT2D eigenvalue weighted by atomic mass is 32.1. The van der Waals surface area contributed by atoms with Gasteiger partial charge in [-0.15, -0.1) is 11.3 Å². The Bertz CT molecular complexity index is 643. The van der Waals surface area contributed by atoms with Gasteiger partial charge in [-0.2, -0.15) is 0 Å². The van der Waals surface area contributed by atoms with Crippen LogP contribution in [0.4, 0.5) is 5.13 Å². The number of amides is 1. The molecule has 1 N–H and O–H groups in total. The van der Waals surface area contributed by atoms with Gasteiger partial charge in [-0.3, -0.25) is 10.1 Å². The summed E-state index contributed by atoms with van der Waals surface area (Å²) in [5, 5.41) is 4.88. The van der Waals surface area contributed by atoms with Crippen molar-refractivity contribution in [3.05, 3.63) is 40.8 Å². The monoisotopic (exact) mass is 292 g/mol. The van der Waals surface area contributed by atoms with Gasteiger partial charge in [0.2, 0.25) is 5.91 Å². The molecule has 0 radical (unpaired) electrons. The number of methoxy groups -OCH3 is 1. The number of carbonyl (C=O) groups excluding carboxylic acids is 2. The molecule has 0 spiro atoms. The predicted molar refractivity (Wildman–Crippen MR) is 74.6 cm³/mol. The topological polar surface area (TPSA) is 81.4 Å². The van der Waals surface area contributed by atoms with E-state index in [0.717, 1.165) is 0 Å². The van der Waals surface area contributed by atoms with E-state index in [2.05, 4.69) is 15.0 Å². The lowest BCUT2D eigenvalue weighted by molar-refractivity contribution is -0.111. The molecule has 0 atom stereocenters. The summed E-state index contributed by atoms with van der Waals surface area (Å²) in [5.74, 6) is 0.0424. The van der Waals surface area contributed by atoms with Crippen LogP contribution in [0.25, 0.3) is 6.08 Å². The van der Waals surface area contributed by atoms with Crippen molar-refractivity contribution in [2.24, 2.45) is 0 Å². The van der Waals surface area contributed by atoms with Gasteiger partial charge in [0.1, 0.15) is 17.1 Å². The van der Waals surface area contributed by atoms with Crippen LogP contribution in [0.3, 0.4) is 0 Å². The molecule has 0 aliphatic carbocycles. The van der Waals surface area contributed by atoms with Crippen molar-refractivity contribution in [3.8, 4) is 0 Å². The molecule has 2 heterocycles. The minimum Gasteiger partial charge on any atom is -0.465 e. The third-order valence-electron chi connectivity index (χ3n) is 2.40. The summed E-state index contributed by atoms with van der Waals surface area (Å²) in [6, 6.07) is 1.52. The smallest absolute Gasteiger partial charge is 0.341 e. The lowest BCUT2D eigenvalue weighted by Gasteiger charge is -1.94. The van der Waals surface area contributed by atoms with E-state index in [9.17, 15) is 9.59 Å². The highest BCUT2D eigenvalue weighted by Gasteiger charge is 2.14. The van der Waals surface area contributed by atoms with E-state index in [0.29, 0.717) is 22.2 Å². The molecule has 0 aliphatic heterocycles. The van der Waals surface area contributed by atoms with Gasteiger partial charge >= 0.3 is 5.97 Å². The minimum absolute atomic E-state index is 0.325. The Hall–Kier alpha value is -2.41. The number of anilines is 1. The number of hydrogen-bond donors (Lipinski definition) is 1. The number of esters is 1. The van der Waals surface area contributed by atoms with Crippen molar-refractivity contribution >= 4 is 34.4 Å². The Labute approximate surface area is 119 Å². The maximum Gasteiger partial charge on any atom is 0.341 e. The Morgan fingerprint density at radius 1 is 1.50 bits per heavy atom. The van der Waals surface area contributed by atoms with Crippen molar-refractivity contribution in [2.45, 2.75) is 6.92 Å². The van der Waals surface area contributed by atoms with Gasteiger partial charge in [0, 0.05) is 17.7 Å². The van der Waals surface area contributed by atoms with Crippen LogP contribution >= 0.6 is 11.3 Å². The molecule has 104 valence electrons. The SMILES string of the molecule is COC(=O)c1cc(/C=C/C(=O)Nc2nccs2)oc1C. The standard InChI is InChI=1S/C13H12N2O4S/c1-8-10(12(17)18-2)7-9(19-8)3-4-11(16)15-13-14-5-6-20-13/h3-7H,1-2H3,(H,14,15,16)/b4-3+. The summed E-state index contributed by atoms with van der Waals surface area (Å²) in [5.41, 5.74) is 0.340. The van der Waals surface area contributed by atoms with Crippen molar-refractivity contribution in [1.82, 2.24) is 4.98 Å². The van der Waals surface area contributed by atoms with Crippen LogP contribution in [0.2, 0.25) is 0 Å². The molecular weight excluding hydrogens is 280 g/mol. The molecule has 0 unspecified atom stereocenters. The van der Waals surface area contributed by atoms with Crippen LogP contribution in [0.1, 0.15) is 21.9 Å². The second-order valence-corrected chi connectivity index (χ2v) is 4.66. The third kappa shape index (κ3) is 3.33. The first-order valence-corrected chi connectivity index (χ1v) is 6.55. The molecule has 2 aromatic heterocycles. The molecule has 0 bridgehead atoms. The van der Waals surface area contributed by atoms with Crippen molar-refractivity contribution in [2.75, 3.05) is 12.4 Å². The van der Waals surface area contributed by atoms with E-state index < -0.39 is 5.97 Å². The number of carbonyl (C=O) groups is 2. The normalized spacial score (nSPS) is 10.7. The second kappa shape index (κ2) is 6.16. The second-order valence-electron chi connectivity index (χ2n) is 3.77. The Balaban J connectivity index is 2.04. The molecule has 2 rings (SSSR count). The Kier molecular flexibility index (Phi) is 4.31. The summed E-state index contributed by atoms with van der Waals surface area (Å²) in [6.07, 6.45) is 4.38. The number of hydrogen-bond acceptors (Lipinski definition) is 6. The highest BCUT2D eigenvalue weighted by Crippen LogP contribution is 2.17. The Morgan fingerprint density at radius 2 is 2.30 bits per heavy atom. The van der Waals surface area contributed by atoms with Gasteiger partial charge < -0.3 is 9.15 Å². The molecular formula is C13H12N2O4S. The fraction of sp³-hybridized carbons (Fsp3) is 0.154. The lowest BCUT2D eigenvalue weighted by atomic mass is 10.2. The van der Waals surface area contributed by atoms with E-state index in [-0.39, 0.29) is 5.91 Å². The highest BCUT2D eigenvalue weighted by molar-refractivity contribution is 7.13. The van der Waals surface area contributed by atoms with Crippen molar-refractivity contribution in [3.63, 3.8) is 0 Å². The molecule has 0 saturated carbocycles. The fourth-order valence-electron chi connectivity index (χ4n) is 1.49. The number of aryl methyl sites for hydroxylation is 1. The molecule has 0 saturated heterocycles. The average molecular weight is 292 g/mol. The molecule has 1 amide bonds. The summed E-state index contributed by atoms with van der Waals surface area (Å²) < 4.78 is 9.96. The summed E-state index contributed by atoms with van der Waals surface area (Å²) in [4.78, 5) is 26.9. The number of thiazole rings is 1. The number of nitrogens with one attached hydrogen (secondary N) is 1. The number of nitrogens with zero attached hydrogens (tertiary/aromatic N) is 1. The maximum atomic E-state index is 11.6. The number of aromatic nitrogens is 1. The van der Waals surface area contributed by atoms with Gasteiger partial charge in [-0.1, -0.05) is 0 Å². The zero-order chi connectivity index (χ0) is 14.5. The number of furan rings is 1. The van der Waals surface area contributed by atoms with Crippen molar-refractivity contribution < 1.29 is 18.7 Å². The first-order valence-electron chi connectivity index (χ1n) is 5.67. The Morgan fingerprint density at radius 3 is 2.95 bits per heavy atom.